The molecular formula is C10H14N4O. The van der Waals surface area contributed by atoms with Crippen molar-refractivity contribution in [2.45, 2.75) is 13.5 Å². The third kappa shape index (κ3) is 4.12. The van der Waals surface area contributed by atoms with Crippen LogP contribution in [0.5, 0.6) is 0 Å². The van der Waals surface area contributed by atoms with Crippen LogP contribution in [0, 0.1) is 6.92 Å². The Morgan fingerprint density at radius 1 is 1.47 bits per heavy atom. The van der Waals surface area contributed by atoms with Crippen LogP contribution in [0.15, 0.2) is 29.3 Å². The summed E-state index contributed by atoms with van der Waals surface area (Å²) >= 11 is 0. The molecule has 0 heterocycles. The average molecular weight is 206 g/mol. The first-order valence-electron chi connectivity index (χ1n) is 4.51. The van der Waals surface area contributed by atoms with E-state index >= 15 is 0 Å². The largest absolute Gasteiger partial charge is 0.370 e. The average Bonchev–Trinajstić information content (AvgIpc) is 2.14. The second-order valence-electron chi connectivity index (χ2n) is 3.18. The Bertz CT molecular complexity index is 383. The minimum Gasteiger partial charge on any atom is -0.370 e. The molecule has 0 bridgehead atoms. The van der Waals surface area contributed by atoms with Gasteiger partial charge in [0.1, 0.15) is 0 Å². The van der Waals surface area contributed by atoms with Crippen LogP contribution < -0.4 is 16.8 Å². The van der Waals surface area contributed by atoms with Crippen LogP contribution in [0.1, 0.15) is 11.1 Å². The van der Waals surface area contributed by atoms with Gasteiger partial charge in [-0.3, -0.25) is 0 Å². The molecule has 5 N–H and O–H groups in total. The molecule has 5 heteroatoms. The van der Waals surface area contributed by atoms with Gasteiger partial charge in [-0.25, -0.2) is 4.79 Å². The van der Waals surface area contributed by atoms with Crippen LogP contribution in [0.4, 0.5) is 4.79 Å². The zero-order valence-corrected chi connectivity index (χ0v) is 8.53. The number of carbonyl (C=O) groups excluding carboxylic acids is 1. The molecule has 0 aliphatic heterocycles. The van der Waals surface area contributed by atoms with E-state index in [0.29, 0.717) is 6.54 Å². The van der Waals surface area contributed by atoms with Gasteiger partial charge in [0.15, 0.2) is 5.96 Å². The number of guanidine groups is 1. The Hall–Kier alpha value is -2.04. The molecule has 1 rings (SSSR count). The summed E-state index contributed by atoms with van der Waals surface area (Å²) in [4.78, 5) is 14.4. The molecule has 5 nitrogen and oxygen atoms in total. The number of carbonyl (C=O) groups is 1. The van der Waals surface area contributed by atoms with E-state index in [4.69, 9.17) is 11.5 Å². The van der Waals surface area contributed by atoms with E-state index in [1.54, 1.807) is 0 Å². The molecule has 0 unspecified atom stereocenters. The number of aliphatic imine (C=N–C) groups is 1. The maximum absolute atomic E-state index is 11.1. The molecular weight excluding hydrogens is 192 g/mol. The molecule has 0 radical (unpaired) electrons. The van der Waals surface area contributed by atoms with Crippen LogP contribution >= 0.6 is 0 Å². The van der Waals surface area contributed by atoms with Gasteiger partial charge in [-0.1, -0.05) is 29.8 Å². The summed E-state index contributed by atoms with van der Waals surface area (Å²) < 4.78 is 0. The Kier molecular flexibility index (Phi) is 3.68. The first-order valence-corrected chi connectivity index (χ1v) is 4.51. The lowest BCUT2D eigenvalue weighted by Gasteiger charge is -2.02. The Morgan fingerprint density at radius 3 is 2.80 bits per heavy atom. The monoisotopic (exact) mass is 206 g/mol. The smallest absolute Gasteiger partial charge is 0.344 e. The lowest BCUT2D eigenvalue weighted by atomic mass is 10.1. The van der Waals surface area contributed by atoms with Gasteiger partial charge >= 0.3 is 6.03 Å². The maximum atomic E-state index is 11.1. The van der Waals surface area contributed by atoms with Crippen molar-refractivity contribution >= 4 is 12.0 Å². The van der Waals surface area contributed by atoms with E-state index in [0.717, 1.165) is 11.1 Å². The van der Waals surface area contributed by atoms with Crippen molar-refractivity contribution < 1.29 is 4.79 Å². The minimum absolute atomic E-state index is 0.239. The molecule has 0 atom stereocenters. The van der Waals surface area contributed by atoms with Gasteiger partial charge in [-0.05, 0) is 12.5 Å². The molecule has 0 aromatic heterocycles. The van der Waals surface area contributed by atoms with Gasteiger partial charge in [-0.2, -0.15) is 4.99 Å². The number of hydrogen-bond donors (Lipinski definition) is 3. The van der Waals surface area contributed by atoms with E-state index in [1.807, 2.05) is 31.2 Å². The number of nitrogens with one attached hydrogen (secondary N) is 1. The highest BCUT2D eigenvalue weighted by atomic mass is 16.2. The van der Waals surface area contributed by atoms with Crippen molar-refractivity contribution in [1.82, 2.24) is 5.32 Å². The highest BCUT2D eigenvalue weighted by molar-refractivity contribution is 5.90. The van der Waals surface area contributed by atoms with E-state index in [2.05, 4.69) is 10.3 Å². The van der Waals surface area contributed by atoms with Crippen LogP contribution in [0.2, 0.25) is 0 Å². The minimum atomic E-state index is -0.531. The summed E-state index contributed by atoms with van der Waals surface area (Å²) in [6, 6.07) is 7.29. The molecule has 0 spiro atoms. The number of aryl methyl sites for hydroxylation is 1. The number of urea groups is 1. The molecule has 15 heavy (non-hydrogen) atoms. The fourth-order valence-electron chi connectivity index (χ4n) is 1.16. The molecule has 2 amide bonds. The summed E-state index contributed by atoms with van der Waals surface area (Å²) in [6.45, 7) is 2.40. The SMILES string of the molecule is Cc1cccc(CNC(=O)N=C(N)N)c1. The van der Waals surface area contributed by atoms with Crippen molar-refractivity contribution in [3.05, 3.63) is 35.4 Å². The Morgan fingerprint density at radius 2 is 2.20 bits per heavy atom. The molecule has 80 valence electrons. The first kappa shape index (κ1) is 11.0. The lowest BCUT2D eigenvalue weighted by molar-refractivity contribution is 0.249. The number of nitrogens with zero attached hydrogens (tertiary/aromatic N) is 1. The van der Waals surface area contributed by atoms with Crippen molar-refractivity contribution in [3.63, 3.8) is 0 Å². The summed E-state index contributed by atoms with van der Waals surface area (Å²) in [5, 5.41) is 2.57. The van der Waals surface area contributed by atoms with Gasteiger partial charge in [0.05, 0.1) is 0 Å². The predicted molar refractivity (Wildman–Crippen MR) is 59.2 cm³/mol. The molecule has 0 saturated heterocycles. The zero-order valence-electron chi connectivity index (χ0n) is 8.53. The second-order valence-corrected chi connectivity index (χ2v) is 3.18. The van der Waals surface area contributed by atoms with E-state index in [-0.39, 0.29) is 5.96 Å². The molecule has 1 aromatic rings. The standard InChI is InChI=1S/C10H14N4O/c1-7-3-2-4-8(5-7)6-13-10(15)14-9(11)12/h2-5H,6H2,1H3,(H5,11,12,13,14,15). The van der Waals surface area contributed by atoms with Crippen molar-refractivity contribution in [2.24, 2.45) is 16.5 Å². The zero-order chi connectivity index (χ0) is 11.3. The van der Waals surface area contributed by atoms with Crippen LogP contribution in [-0.4, -0.2) is 12.0 Å². The van der Waals surface area contributed by atoms with Gasteiger partial charge < -0.3 is 16.8 Å². The number of benzene rings is 1. The first-order chi connectivity index (χ1) is 7.08. The third-order valence-electron chi connectivity index (χ3n) is 1.76. The van der Waals surface area contributed by atoms with E-state index < -0.39 is 6.03 Å². The molecule has 0 aliphatic carbocycles. The van der Waals surface area contributed by atoms with E-state index in [9.17, 15) is 4.79 Å². The van der Waals surface area contributed by atoms with Crippen LogP contribution in [0.3, 0.4) is 0 Å². The summed E-state index contributed by atoms with van der Waals surface area (Å²) in [7, 11) is 0. The normalized spacial score (nSPS) is 9.40. The fraction of sp³-hybridized carbons (Fsp3) is 0.200. The van der Waals surface area contributed by atoms with Crippen molar-refractivity contribution in [1.29, 1.82) is 0 Å². The third-order valence-corrected chi connectivity index (χ3v) is 1.76. The van der Waals surface area contributed by atoms with Gasteiger partial charge in [0, 0.05) is 6.54 Å². The van der Waals surface area contributed by atoms with Crippen LogP contribution in [-0.2, 0) is 6.54 Å². The number of amides is 2. The topological polar surface area (TPSA) is 93.5 Å². The Balaban J connectivity index is 2.51. The highest BCUT2D eigenvalue weighted by Gasteiger charge is 1.98. The molecule has 0 aliphatic rings. The quantitative estimate of drug-likeness (QED) is 0.485. The maximum Gasteiger partial charge on any atom is 0.344 e. The number of hydrogen-bond acceptors (Lipinski definition) is 1. The van der Waals surface area contributed by atoms with E-state index in [1.165, 1.54) is 0 Å². The van der Waals surface area contributed by atoms with Crippen LogP contribution in [0.25, 0.3) is 0 Å². The van der Waals surface area contributed by atoms with Crippen molar-refractivity contribution in [2.75, 3.05) is 0 Å². The lowest BCUT2D eigenvalue weighted by Crippen LogP contribution is -2.28. The predicted octanol–water partition coefficient (Wildman–Crippen LogP) is 0.478. The summed E-state index contributed by atoms with van der Waals surface area (Å²) in [6.07, 6.45) is 0. The highest BCUT2D eigenvalue weighted by Crippen LogP contribution is 2.03. The molecule has 1 aromatic carbocycles. The summed E-state index contributed by atoms with van der Waals surface area (Å²) in [5.74, 6) is -0.239. The molecule has 0 fully saturated rings. The van der Waals surface area contributed by atoms with Gasteiger partial charge in [0.2, 0.25) is 0 Å². The van der Waals surface area contributed by atoms with Gasteiger partial charge in [-0.15, -0.1) is 0 Å². The summed E-state index contributed by atoms with van der Waals surface area (Å²) in [5.41, 5.74) is 12.3. The van der Waals surface area contributed by atoms with Crippen molar-refractivity contribution in [3.8, 4) is 0 Å². The molecule has 0 saturated carbocycles. The second kappa shape index (κ2) is 4.99. The number of nitrogens with two attached hydrogens (primary N) is 2. The van der Waals surface area contributed by atoms with Gasteiger partial charge in [0.25, 0.3) is 0 Å². The number of rotatable bonds is 2. The fourth-order valence-corrected chi connectivity index (χ4v) is 1.16. The Labute approximate surface area is 88.2 Å².